The number of aryl methyl sites for hydroxylation is 1. The fourth-order valence-electron chi connectivity index (χ4n) is 1.67. The molecular formula is C11H18ClN3OS. The van der Waals surface area contributed by atoms with Crippen LogP contribution in [0.1, 0.15) is 41.6 Å². The van der Waals surface area contributed by atoms with Crippen molar-refractivity contribution in [2.24, 2.45) is 5.92 Å². The van der Waals surface area contributed by atoms with Crippen LogP contribution in [0.25, 0.3) is 0 Å². The van der Waals surface area contributed by atoms with Crippen molar-refractivity contribution < 1.29 is 4.79 Å². The standard InChI is InChI=1S/C11H18ClN3OS/c1-3-4-9(5-6-12)7-13-11(16)10-8(2)14-15-17-10/h9H,3-7H2,1-2H3,(H,13,16). The minimum Gasteiger partial charge on any atom is -0.351 e. The lowest BCUT2D eigenvalue weighted by molar-refractivity contribution is 0.0949. The predicted molar refractivity (Wildman–Crippen MR) is 70.7 cm³/mol. The zero-order valence-electron chi connectivity index (χ0n) is 10.2. The van der Waals surface area contributed by atoms with Crippen LogP contribution in [0.3, 0.4) is 0 Å². The van der Waals surface area contributed by atoms with Gasteiger partial charge in [-0.1, -0.05) is 17.8 Å². The van der Waals surface area contributed by atoms with E-state index < -0.39 is 0 Å². The molecule has 4 nitrogen and oxygen atoms in total. The maximum absolute atomic E-state index is 11.8. The van der Waals surface area contributed by atoms with Gasteiger partial charge in [0.05, 0.1) is 5.69 Å². The maximum atomic E-state index is 11.8. The molecule has 1 rings (SSSR count). The van der Waals surface area contributed by atoms with E-state index in [1.54, 1.807) is 6.92 Å². The number of halogens is 1. The number of hydrogen-bond donors (Lipinski definition) is 1. The van der Waals surface area contributed by atoms with Gasteiger partial charge in [-0.25, -0.2) is 0 Å². The fraction of sp³-hybridized carbons (Fsp3) is 0.727. The maximum Gasteiger partial charge on any atom is 0.264 e. The highest BCUT2D eigenvalue weighted by Gasteiger charge is 2.14. The Morgan fingerprint density at radius 3 is 2.82 bits per heavy atom. The molecule has 6 heteroatoms. The number of carbonyl (C=O) groups excluding carboxylic acids is 1. The molecule has 0 saturated heterocycles. The third kappa shape index (κ3) is 4.60. The van der Waals surface area contributed by atoms with Crippen LogP contribution < -0.4 is 5.32 Å². The molecule has 17 heavy (non-hydrogen) atoms. The van der Waals surface area contributed by atoms with Gasteiger partial charge in [-0.05, 0) is 37.2 Å². The average molecular weight is 276 g/mol. The number of alkyl halides is 1. The van der Waals surface area contributed by atoms with Crippen molar-refractivity contribution in [2.45, 2.75) is 33.1 Å². The summed E-state index contributed by atoms with van der Waals surface area (Å²) in [5.41, 5.74) is 0.692. The number of hydrogen-bond acceptors (Lipinski definition) is 4. The lowest BCUT2D eigenvalue weighted by atomic mass is 10.0. The highest BCUT2D eigenvalue weighted by molar-refractivity contribution is 7.07. The molecule has 1 aromatic heterocycles. The third-order valence-corrected chi connectivity index (χ3v) is 3.67. The Balaban J connectivity index is 2.43. The lowest BCUT2D eigenvalue weighted by Gasteiger charge is -2.15. The molecule has 1 amide bonds. The average Bonchev–Trinajstić information content (AvgIpc) is 2.72. The van der Waals surface area contributed by atoms with E-state index in [2.05, 4.69) is 21.8 Å². The van der Waals surface area contributed by atoms with Crippen LogP contribution >= 0.6 is 23.1 Å². The van der Waals surface area contributed by atoms with Crippen LogP contribution in [0.5, 0.6) is 0 Å². The van der Waals surface area contributed by atoms with E-state index in [9.17, 15) is 4.79 Å². The van der Waals surface area contributed by atoms with Gasteiger partial charge in [-0.15, -0.1) is 16.7 Å². The molecule has 1 aromatic rings. The van der Waals surface area contributed by atoms with Crippen molar-refractivity contribution in [3.63, 3.8) is 0 Å². The zero-order chi connectivity index (χ0) is 12.7. The van der Waals surface area contributed by atoms with E-state index in [0.717, 1.165) is 30.8 Å². The van der Waals surface area contributed by atoms with Crippen molar-refractivity contribution in [3.05, 3.63) is 10.6 Å². The lowest BCUT2D eigenvalue weighted by Crippen LogP contribution is -2.29. The van der Waals surface area contributed by atoms with Crippen molar-refractivity contribution in [2.75, 3.05) is 12.4 Å². The molecule has 96 valence electrons. The van der Waals surface area contributed by atoms with E-state index in [0.29, 0.717) is 28.9 Å². The molecule has 0 fully saturated rings. The summed E-state index contributed by atoms with van der Waals surface area (Å²) in [6, 6.07) is 0. The van der Waals surface area contributed by atoms with E-state index in [1.807, 2.05) is 0 Å². The Bertz CT molecular complexity index is 350. The smallest absolute Gasteiger partial charge is 0.264 e. The highest BCUT2D eigenvalue weighted by Crippen LogP contribution is 2.13. The Hall–Kier alpha value is -0.680. The first-order chi connectivity index (χ1) is 8.19. The SMILES string of the molecule is CCCC(CCCl)CNC(=O)c1snnc1C. The van der Waals surface area contributed by atoms with Gasteiger partial charge in [-0.3, -0.25) is 4.79 Å². The molecule has 1 unspecified atom stereocenters. The molecular weight excluding hydrogens is 258 g/mol. The van der Waals surface area contributed by atoms with Crippen LogP contribution in [0, 0.1) is 12.8 Å². The van der Waals surface area contributed by atoms with Gasteiger partial charge in [0.1, 0.15) is 4.88 Å². The summed E-state index contributed by atoms with van der Waals surface area (Å²) < 4.78 is 3.75. The molecule has 0 bridgehead atoms. The van der Waals surface area contributed by atoms with E-state index in [4.69, 9.17) is 11.6 Å². The molecule has 0 aliphatic rings. The Labute approximate surface area is 111 Å². The fourth-order valence-corrected chi connectivity index (χ4v) is 2.55. The minimum absolute atomic E-state index is 0.0758. The molecule has 1 N–H and O–H groups in total. The van der Waals surface area contributed by atoms with Crippen molar-refractivity contribution in [1.29, 1.82) is 0 Å². The van der Waals surface area contributed by atoms with Crippen LogP contribution in [0.15, 0.2) is 0 Å². The second-order valence-electron chi connectivity index (χ2n) is 4.03. The quantitative estimate of drug-likeness (QED) is 0.779. The van der Waals surface area contributed by atoms with E-state index in [1.165, 1.54) is 0 Å². The molecule has 0 saturated carbocycles. The van der Waals surface area contributed by atoms with Crippen molar-refractivity contribution in [1.82, 2.24) is 14.9 Å². The van der Waals surface area contributed by atoms with E-state index >= 15 is 0 Å². The number of nitrogens with one attached hydrogen (secondary N) is 1. The van der Waals surface area contributed by atoms with Gasteiger partial charge in [-0.2, -0.15) is 0 Å². The number of amides is 1. The van der Waals surface area contributed by atoms with Crippen LogP contribution in [-0.4, -0.2) is 27.9 Å². The molecule has 0 aromatic carbocycles. The predicted octanol–water partition coefficient (Wildman–Crippen LogP) is 2.62. The molecule has 0 aliphatic carbocycles. The zero-order valence-corrected chi connectivity index (χ0v) is 11.8. The molecule has 1 atom stereocenters. The van der Waals surface area contributed by atoms with Crippen LogP contribution in [0.2, 0.25) is 0 Å². The summed E-state index contributed by atoms with van der Waals surface area (Å²) in [7, 11) is 0. The largest absolute Gasteiger partial charge is 0.351 e. The first-order valence-corrected chi connectivity index (χ1v) is 7.13. The number of rotatable bonds is 7. The number of carbonyl (C=O) groups is 1. The Morgan fingerprint density at radius 2 is 2.29 bits per heavy atom. The molecule has 0 spiro atoms. The van der Waals surface area contributed by atoms with Crippen molar-refractivity contribution >= 4 is 29.0 Å². The van der Waals surface area contributed by atoms with E-state index in [-0.39, 0.29) is 5.91 Å². The third-order valence-electron chi connectivity index (χ3n) is 2.62. The first-order valence-electron chi connectivity index (χ1n) is 5.82. The second kappa shape index (κ2) is 7.61. The minimum atomic E-state index is -0.0758. The number of nitrogens with zero attached hydrogens (tertiary/aromatic N) is 2. The summed E-state index contributed by atoms with van der Waals surface area (Å²) in [5, 5.41) is 6.75. The summed E-state index contributed by atoms with van der Waals surface area (Å²) in [6.45, 7) is 4.61. The Kier molecular flexibility index (Phi) is 6.44. The highest BCUT2D eigenvalue weighted by atomic mass is 35.5. The Morgan fingerprint density at radius 1 is 1.53 bits per heavy atom. The first kappa shape index (κ1) is 14.4. The van der Waals surface area contributed by atoms with Gasteiger partial charge in [0.2, 0.25) is 0 Å². The van der Waals surface area contributed by atoms with Crippen molar-refractivity contribution in [3.8, 4) is 0 Å². The molecule has 1 heterocycles. The summed E-state index contributed by atoms with van der Waals surface area (Å²) in [6.07, 6.45) is 3.14. The second-order valence-corrected chi connectivity index (χ2v) is 5.16. The number of aromatic nitrogens is 2. The van der Waals surface area contributed by atoms with Crippen LogP contribution in [-0.2, 0) is 0 Å². The van der Waals surface area contributed by atoms with Gasteiger partial charge < -0.3 is 5.32 Å². The van der Waals surface area contributed by atoms with Gasteiger partial charge >= 0.3 is 0 Å². The van der Waals surface area contributed by atoms with Gasteiger partial charge in [0, 0.05) is 12.4 Å². The normalized spacial score (nSPS) is 12.4. The summed E-state index contributed by atoms with van der Waals surface area (Å²) in [5.74, 6) is 1.03. The topological polar surface area (TPSA) is 54.9 Å². The van der Waals surface area contributed by atoms with Crippen LogP contribution in [0.4, 0.5) is 0 Å². The molecule has 0 aliphatic heterocycles. The van der Waals surface area contributed by atoms with Gasteiger partial charge in [0.25, 0.3) is 5.91 Å². The van der Waals surface area contributed by atoms with Gasteiger partial charge in [0.15, 0.2) is 0 Å². The summed E-state index contributed by atoms with van der Waals surface area (Å²) >= 11 is 6.88. The monoisotopic (exact) mass is 275 g/mol. The summed E-state index contributed by atoms with van der Waals surface area (Å²) in [4.78, 5) is 12.4. The molecule has 0 radical (unpaired) electrons.